The third kappa shape index (κ3) is 3.15. The van der Waals surface area contributed by atoms with Gasteiger partial charge < -0.3 is 10.2 Å². The number of hydrogen-bond acceptors (Lipinski definition) is 4. The standard InChI is InChI=1S/C16H25N3OS/c1-2-13-12-17-7-10-19(13)15(14-6-5-11-21-14)16(20)18-8-3-4-9-18/h5-6,11,13,15,17H,2-4,7-10,12H2,1H3. The Balaban J connectivity index is 1.86. The molecule has 3 rings (SSSR count). The molecule has 1 amide bonds. The Kier molecular flexibility index (Phi) is 4.93. The molecule has 116 valence electrons. The zero-order chi connectivity index (χ0) is 14.7. The summed E-state index contributed by atoms with van der Waals surface area (Å²) in [6, 6.07) is 4.57. The topological polar surface area (TPSA) is 35.6 Å². The summed E-state index contributed by atoms with van der Waals surface area (Å²) in [4.78, 5) is 18.8. The molecule has 3 heterocycles. The van der Waals surface area contributed by atoms with Crippen LogP contribution >= 0.6 is 11.3 Å². The minimum Gasteiger partial charge on any atom is -0.341 e. The van der Waals surface area contributed by atoms with Crippen LogP contribution in [-0.2, 0) is 4.79 Å². The number of likely N-dealkylation sites (tertiary alicyclic amines) is 1. The summed E-state index contributed by atoms with van der Waals surface area (Å²) in [5, 5.41) is 5.55. The van der Waals surface area contributed by atoms with Gasteiger partial charge in [0.1, 0.15) is 6.04 Å². The molecular weight excluding hydrogens is 282 g/mol. The van der Waals surface area contributed by atoms with Gasteiger partial charge in [0.05, 0.1) is 0 Å². The minimum absolute atomic E-state index is 0.0739. The molecule has 4 nitrogen and oxygen atoms in total. The first-order chi connectivity index (χ1) is 10.3. The Morgan fingerprint density at radius 1 is 1.43 bits per heavy atom. The van der Waals surface area contributed by atoms with Gasteiger partial charge in [0, 0.05) is 43.6 Å². The van der Waals surface area contributed by atoms with E-state index in [0.29, 0.717) is 11.9 Å². The molecular formula is C16H25N3OS. The normalized spacial score (nSPS) is 25.2. The van der Waals surface area contributed by atoms with Crippen molar-refractivity contribution in [3.05, 3.63) is 22.4 Å². The summed E-state index contributed by atoms with van der Waals surface area (Å²) in [5.74, 6) is 0.315. The number of carbonyl (C=O) groups excluding carboxylic acids is 1. The third-order valence-corrected chi connectivity index (χ3v) is 5.59. The Labute approximate surface area is 131 Å². The van der Waals surface area contributed by atoms with Crippen molar-refractivity contribution in [3.63, 3.8) is 0 Å². The predicted molar refractivity (Wildman–Crippen MR) is 86.5 cm³/mol. The van der Waals surface area contributed by atoms with Gasteiger partial charge in [-0.3, -0.25) is 9.69 Å². The maximum Gasteiger partial charge on any atom is 0.245 e. The van der Waals surface area contributed by atoms with Gasteiger partial charge in [-0.1, -0.05) is 13.0 Å². The number of piperazine rings is 1. The van der Waals surface area contributed by atoms with E-state index in [1.807, 2.05) is 0 Å². The second-order valence-corrected chi connectivity index (χ2v) is 6.93. The monoisotopic (exact) mass is 307 g/mol. The van der Waals surface area contributed by atoms with Crippen LogP contribution in [0.4, 0.5) is 0 Å². The lowest BCUT2D eigenvalue weighted by molar-refractivity contribution is -0.137. The zero-order valence-corrected chi connectivity index (χ0v) is 13.6. The van der Waals surface area contributed by atoms with Crippen LogP contribution in [0.15, 0.2) is 17.5 Å². The highest BCUT2D eigenvalue weighted by atomic mass is 32.1. The molecule has 0 aromatic carbocycles. The highest BCUT2D eigenvalue weighted by Crippen LogP contribution is 2.31. The fourth-order valence-electron chi connectivity index (χ4n) is 3.48. The maximum atomic E-state index is 13.1. The molecule has 2 aliphatic heterocycles. The van der Waals surface area contributed by atoms with Gasteiger partial charge in [0.25, 0.3) is 0 Å². The van der Waals surface area contributed by atoms with Crippen LogP contribution in [0.1, 0.15) is 37.1 Å². The smallest absolute Gasteiger partial charge is 0.245 e. The zero-order valence-electron chi connectivity index (χ0n) is 12.8. The lowest BCUT2D eigenvalue weighted by Crippen LogP contribution is -2.55. The van der Waals surface area contributed by atoms with Crippen molar-refractivity contribution in [2.24, 2.45) is 0 Å². The highest BCUT2D eigenvalue weighted by molar-refractivity contribution is 7.10. The first kappa shape index (κ1) is 15.0. The fourth-order valence-corrected chi connectivity index (χ4v) is 4.32. The van der Waals surface area contributed by atoms with E-state index in [4.69, 9.17) is 0 Å². The van der Waals surface area contributed by atoms with Crippen molar-refractivity contribution in [1.29, 1.82) is 0 Å². The van der Waals surface area contributed by atoms with E-state index in [0.717, 1.165) is 52.0 Å². The predicted octanol–water partition coefficient (Wildman–Crippen LogP) is 2.10. The van der Waals surface area contributed by atoms with E-state index in [1.165, 1.54) is 4.88 Å². The van der Waals surface area contributed by atoms with E-state index < -0.39 is 0 Å². The average Bonchev–Trinajstić information content (AvgIpc) is 3.21. The Hall–Kier alpha value is -0.910. The lowest BCUT2D eigenvalue weighted by atomic mass is 10.0. The number of rotatable bonds is 4. The highest BCUT2D eigenvalue weighted by Gasteiger charge is 2.37. The van der Waals surface area contributed by atoms with Crippen molar-refractivity contribution < 1.29 is 4.79 Å². The number of hydrogen-bond donors (Lipinski definition) is 1. The molecule has 0 bridgehead atoms. The van der Waals surface area contributed by atoms with Crippen LogP contribution in [0.5, 0.6) is 0 Å². The molecule has 5 heteroatoms. The van der Waals surface area contributed by atoms with Crippen molar-refractivity contribution in [1.82, 2.24) is 15.1 Å². The summed E-state index contributed by atoms with van der Waals surface area (Å²) in [6.07, 6.45) is 3.39. The molecule has 2 unspecified atom stereocenters. The van der Waals surface area contributed by atoms with Crippen molar-refractivity contribution in [2.45, 2.75) is 38.3 Å². The van der Waals surface area contributed by atoms with Crippen LogP contribution in [0, 0.1) is 0 Å². The quantitative estimate of drug-likeness (QED) is 0.925. The SMILES string of the molecule is CCC1CNCCN1C(C(=O)N1CCCC1)c1cccs1. The summed E-state index contributed by atoms with van der Waals surface area (Å²) in [7, 11) is 0. The molecule has 0 aliphatic carbocycles. The van der Waals surface area contributed by atoms with E-state index in [9.17, 15) is 4.79 Å². The number of thiophene rings is 1. The van der Waals surface area contributed by atoms with Crippen LogP contribution in [0.3, 0.4) is 0 Å². The molecule has 0 saturated carbocycles. The molecule has 2 aliphatic rings. The Bertz CT molecular complexity index is 456. The van der Waals surface area contributed by atoms with Crippen LogP contribution < -0.4 is 5.32 Å². The van der Waals surface area contributed by atoms with E-state index in [1.54, 1.807) is 11.3 Å². The Morgan fingerprint density at radius 2 is 2.24 bits per heavy atom. The van der Waals surface area contributed by atoms with Gasteiger partial charge in [-0.25, -0.2) is 0 Å². The van der Waals surface area contributed by atoms with Crippen molar-refractivity contribution in [2.75, 3.05) is 32.7 Å². The third-order valence-electron chi connectivity index (χ3n) is 4.66. The maximum absolute atomic E-state index is 13.1. The lowest BCUT2D eigenvalue weighted by Gasteiger charge is -2.41. The second-order valence-electron chi connectivity index (χ2n) is 5.95. The van der Waals surface area contributed by atoms with Gasteiger partial charge >= 0.3 is 0 Å². The van der Waals surface area contributed by atoms with Gasteiger partial charge in [-0.05, 0) is 30.7 Å². The van der Waals surface area contributed by atoms with E-state index in [-0.39, 0.29) is 6.04 Å². The molecule has 2 saturated heterocycles. The van der Waals surface area contributed by atoms with Crippen LogP contribution in [-0.4, -0.2) is 54.5 Å². The molecule has 1 aromatic rings. The molecule has 0 radical (unpaired) electrons. The number of amides is 1. The summed E-state index contributed by atoms with van der Waals surface area (Å²) >= 11 is 1.71. The second kappa shape index (κ2) is 6.90. The molecule has 1 N–H and O–H groups in total. The molecule has 1 aromatic heterocycles. The number of nitrogens with zero attached hydrogens (tertiary/aromatic N) is 2. The summed E-state index contributed by atoms with van der Waals surface area (Å²) in [6.45, 7) is 7.02. The average molecular weight is 307 g/mol. The largest absolute Gasteiger partial charge is 0.341 e. The summed E-state index contributed by atoms with van der Waals surface area (Å²) in [5.41, 5.74) is 0. The summed E-state index contributed by atoms with van der Waals surface area (Å²) < 4.78 is 0. The van der Waals surface area contributed by atoms with E-state index in [2.05, 4.69) is 39.6 Å². The first-order valence-corrected chi connectivity index (χ1v) is 8.98. The minimum atomic E-state index is -0.0739. The van der Waals surface area contributed by atoms with Crippen molar-refractivity contribution in [3.8, 4) is 0 Å². The van der Waals surface area contributed by atoms with Gasteiger partial charge in [-0.15, -0.1) is 11.3 Å². The van der Waals surface area contributed by atoms with Gasteiger partial charge in [0.2, 0.25) is 5.91 Å². The molecule has 2 atom stereocenters. The number of nitrogens with one attached hydrogen (secondary N) is 1. The molecule has 2 fully saturated rings. The van der Waals surface area contributed by atoms with Gasteiger partial charge in [-0.2, -0.15) is 0 Å². The first-order valence-electron chi connectivity index (χ1n) is 8.10. The number of carbonyl (C=O) groups is 1. The fraction of sp³-hybridized carbons (Fsp3) is 0.688. The molecule has 21 heavy (non-hydrogen) atoms. The van der Waals surface area contributed by atoms with Crippen molar-refractivity contribution >= 4 is 17.2 Å². The van der Waals surface area contributed by atoms with E-state index >= 15 is 0 Å². The van der Waals surface area contributed by atoms with Crippen LogP contribution in [0.25, 0.3) is 0 Å². The Morgan fingerprint density at radius 3 is 2.90 bits per heavy atom. The molecule has 0 spiro atoms. The van der Waals surface area contributed by atoms with Gasteiger partial charge in [0.15, 0.2) is 0 Å². The van der Waals surface area contributed by atoms with Crippen LogP contribution in [0.2, 0.25) is 0 Å².